The zero-order valence-corrected chi connectivity index (χ0v) is 17.0. The number of pyridine rings is 1. The van der Waals surface area contributed by atoms with Gasteiger partial charge in [0.25, 0.3) is 0 Å². The van der Waals surface area contributed by atoms with Gasteiger partial charge in [-0.1, -0.05) is 23.7 Å². The smallest absolute Gasteiger partial charge is 0.407 e. The van der Waals surface area contributed by atoms with Crippen molar-refractivity contribution in [3.8, 4) is 0 Å². The van der Waals surface area contributed by atoms with E-state index in [1.54, 1.807) is 45.2 Å². The summed E-state index contributed by atoms with van der Waals surface area (Å²) < 4.78 is 32.5. The zero-order valence-electron chi connectivity index (χ0n) is 15.4. The van der Waals surface area contributed by atoms with Crippen LogP contribution in [0.5, 0.6) is 0 Å². The molecule has 1 amide bonds. The monoisotopic (exact) mass is 411 g/mol. The minimum atomic E-state index is -3.67. The quantitative estimate of drug-likeness (QED) is 0.835. The van der Waals surface area contributed by atoms with Gasteiger partial charge in [-0.3, -0.25) is 4.98 Å². The predicted molar refractivity (Wildman–Crippen MR) is 103 cm³/mol. The fraction of sp³-hybridized carbons (Fsp3) is 0.444. The number of hydrogen-bond donors (Lipinski definition) is 1. The second kappa shape index (κ2) is 7.26. The summed E-state index contributed by atoms with van der Waals surface area (Å²) in [5.41, 5.74) is -0.568. The molecule has 0 spiro atoms. The van der Waals surface area contributed by atoms with Crippen LogP contribution in [0.15, 0.2) is 35.5 Å². The first-order valence-electron chi connectivity index (χ1n) is 8.57. The molecule has 0 radical (unpaired) electrons. The topological polar surface area (TPSA) is 88.6 Å². The molecule has 0 atom stereocenters. The van der Waals surface area contributed by atoms with Crippen molar-refractivity contribution in [3.63, 3.8) is 0 Å². The average Bonchev–Trinajstić information content (AvgIpc) is 2.51. The van der Waals surface area contributed by atoms with Gasteiger partial charge in [0.2, 0.25) is 10.0 Å². The van der Waals surface area contributed by atoms with Gasteiger partial charge in [0.05, 0.1) is 9.92 Å². The van der Waals surface area contributed by atoms with Crippen molar-refractivity contribution in [1.82, 2.24) is 14.6 Å². The van der Waals surface area contributed by atoms with Crippen molar-refractivity contribution in [1.29, 1.82) is 0 Å². The third-order valence-corrected chi connectivity index (χ3v) is 6.33. The molecule has 1 aliphatic rings. The van der Waals surface area contributed by atoms with Crippen LogP contribution >= 0.6 is 11.6 Å². The van der Waals surface area contributed by atoms with Crippen LogP contribution in [-0.2, 0) is 14.8 Å². The first-order chi connectivity index (χ1) is 12.6. The largest absolute Gasteiger partial charge is 0.444 e. The number of sulfonamides is 1. The van der Waals surface area contributed by atoms with Gasteiger partial charge in [0.1, 0.15) is 5.60 Å². The van der Waals surface area contributed by atoms with Crippen LogP contribution in [0.3, 0.4) is 0 Å². The number of carbonyl (C=O) groups excluding carboxylic acids is 1. The van der Waals surface area contributed by atoms with E-state index >= 15 is 0 Å². The number of rotatable bonds is 4. The maximum Gasteiger partial charge on any atom is 0.407 e. The first-order valence-corrected chi connectivity index (χ1v) is 10.4. The molecule has 1 saturated heterocycles. The van der Waals surface area contributed by atoms with Crippen LogP contribution in [-0.4, -0.2) is 49.0 Å². The molecule has 1 N–H and O–H groups in total. The van der Waals surface area contributed by atoms with Crippen molar-refractivity contribution in [2.24, 2.45) is 5.92 Å². The highest BCUT2D eigenvalue weighted by molar-refractivity contribution is 7.89. The highest BCUT2D eigenvalue weighted by Gasteiger charge is 2.38. The molecule has 1 aromatic carbocycles. The Balaban J connectivity index is 1.67. The number of fused-ring (bicyclic) bond motifs is 1. The van der Waals surface area contributed by atoms with Crippen LogP contribution in [0.2, 0.25) is 5.02 Å². The van der Waals surface area contributed by atoms with Gasteiger partial charge >= 0.3 is 6.09 Å². The third-order valence-electron chi connectivity index (χ3n) is 4.17. The van der Waals surface area contributed by atoms with E-state index in [1.165, 1.54) is 10.5 Å². The minimum absolute atomic E-state index is 0.0411. The maximum absolute atomic E-state index is 13.0. The number of nitrogens with zero attached hydrogens (tertiary/aromatic N) is 2. The lowest BCUT2D eigenvalue weighted by molar-refractivity contribution is 0.0503. The van der Waals surface area contributed by atoms with Gasteiger partial charge < -0.3 is 10.1 Å². The summed E-state index contributed by atoms with van der Waals surface area (Å²) >= 11 is 6.19. The molecule has 2 heterocycles. The van der Waals surface area contributed by atoms with Crippen LogP contribution in [0.4, 0.5) is 4.79 Å². The molecule has 0 unspecified atom stereocenters. The molecule has 27 heavy (non-hydrogen) atoms. The molecule has 0 saturated carbocycles. The van der Waals surface area contributed by atoms with E-state index in [1.807, 2.05) is 0 Å². The van der Waals surface area contributed by atoms with Crippen LogP contribution in [0, 0.1) is 5.92 Å². The SMILES string of the molecule is CC(C)(C)OC(=O)NCC1CN(S(=O)(=O)c2cccc3cncc(Cl)c23)C1. The lowest BCUT2D eigenvalue weighted by Crippen LogP contribution is -2.53. The fourth-order valence-electron chi connectivity index (χ4n) is 2.90. The Kier molecular flexibility index (Phi) is 5.33. The van der Waals surface area contributed by atoms with E-state index in [-0.39, 0.29) is 10.8 Å². The van der Waals surface area contributed by atoms with Crippen molar-refractivity contribution in [3.05, 3.63) is 35.6 Å². The van der Waals surface area contributed by atoms with Gasteiger partial charge in [-0.2, -0.15) is 4.31 Å². The molecule has 0 bridgehead atoms. The average molecular weight is 412 g/mol. The van der Waals surface area contributed by atoms with E-state index in [9.17, 15) is 13.2 Å². The number of ether oxygens (including phenoxy) is 1. The summed E-state index contributed by atoms with van der Waals surface area (Å²) in [6.07, 6.45) is 2.52. The van der Waals surface area contributed by atoms with Gasteiger partial charge in [-0.15, -0.1) is 0 Å². The van der Waals surface area contributed by atoms with Gasteiger partial charge in [0, 0.05) is 48.7 Å². The highest BCUT2D eigenvalue weighted by atomic mass is 35.5. The molecule has 146 valence electrons. The Morgan fingerprint density at radius 3 is 2.70 bits per heavy atom. The number of benzene rings is 1. The van der Waals surface area contributed by atoms with E-state index in [0.717, 1.165) is 0 Å². The number of nitrogens with one attached hydrogen (secondary N) is 1. The Morgan fingerprint density at radius 1 is 1.33 bits per heavy atom. The predicted octanol–water partition coefficient (Wildman–Crippen LogP) is 3.03. The number of alkyl carbamates (subject to hydrolysis) is 1. The third kappa shape index (κ3) is 4.34. The van der Waals surface area contributed by atoms with Crippen molar-refractivity contribution >= 4 is 38.5 Å². The summed E-state index contributed by atoms with van der Waals surface area (Å²) in [7, 11) is -3.67. The lowest BCUT2D eigenvalue weighted by Gasteiger charge is -2.38. The number of aromatic nitrogens is 1. The fourth-order valence-corrected chi connectivity index (χ4v) is 5.05. The molecular formula is C18H22ClN3O4S. The number of carbonyl (C=O) groups is 1. The summed E-state index contributed by atoms with van der Waals surface area (Å²) in [6.45, 7) is 6.38. The molecular weight excluding hydrogens is 390 g/mol. The second-order valence-electron chi connectivity index (χ2n) is 7.55. The Bertz CT molecular complexity index is 961. The van der Waals surface area contributed by atoms with Gasteiger partial charge in [0.15, 0.2) is 0 Å². The van der Waals surface area contributed by atoms with Gasteiger partial charge in [-0.05, 0) is 26.8 Å². The van der Waals surface area contributed by atoms with E-state index in [2.05, 4.69) is 10.3 Å². The molecule has 3 rings (SSSR count). The van der Waals surface area contributed by atoms with Gasteiger partial charge in [-0.25, -0.2) is 13.2 Å². The Morgan fingerprint density at radius 2 is 2.04 bits per heavy atom. The summed E-state index contributed by atoms with van der Waals surface area (Å²) in [5, 5.41) is 4.13. The number of hydrogen-bond acceptors (Lipinski definition) is 5. The molecule has 1 fully saturated rings. The standard InChI is InChI=1S/C18H22ClN3O4S/c1-18(2,3)26-17(23)21-7-12-10-22(11-12)27(24,25)15-6-4-5-13-8-20-9-14(19)16(13)15/h4-6,8-9,12H,7,10-11H2,1-3H3,(H,21,23). The van der Waals surface area contributed by atoms with Crippen LogP contribution < -0.4 is 5.32 Å². The molecule has 1 aliphatic heterocycles. The van der Waals surface area contributed by atoms with Crippen molar-refractivity contribution in [2.45, 2.75) is 31.3 Å². The number of amides is 1. The van der Waals surface area contributed by atoms with Crippen LogP contribution in [0.25, 0.3) is 10.8 Å². The first kappa shape index (κ1) is 19.9. The van der Waals surface area contributed by atoms with E-state index < -0.39 is 21.7 Å². The van der Waals surface area contributed by atoms with E-state index in [4.69, 9.17) is 16.3 Å². The lowest BCUT2D eigenvalue weighted by atomic mass is 10.0. The normalized spacial score (nSPS) is 16.1. The second-order valence-corrected chi connectivity index (χ2v) is 9.86. The van der Waals surface area contributed by atoms with Crippen molar-refractivity contribution in [2.75, 3.05) is 19.6 Å². The van der Waals surface area contributed by atoms with Crippen LogP contribution in [0.1, 0.15) is 20.8 Å². The zero-order chi connectivity index (χ0) is 19.8. The number of halogens is 1. The summed E-state index contributed by atoms with van der Waals surface area (Å²) in [6, 6.07) is 5.00. The minimum Gasteiger partial charge on any atom is -0.444 e. The molecule has 0 aliphatic carbocycles. The summed E-state index contributed by atoms with van der Waals surface area (Å²) in [5.74, 6) is 0.0411. The highest BCUT2D eigenvalue weighted by Crippen LogP contribution is 2.33. The molecule has 2 aromatic rings. The maximum atomic E-state index is 13.0. The molecule has 1 aromatic heterocycles. The molecule has 7 nitrogen and oxygen atoms in total. The van der Waals surface area contributed by atoms with E-state index in [0.29, 0.717) is 35.4 Å². The summed E-state index contributed by atoms with van der Waals surface area (Å²) in [4.78, 5) is 15.9. The molecule has 9 heteroatoms. The van der Waals surface area contributed by atoms with Crippen molar-refractivity contribution < 1.29 is 17.9 Å². The Hall–Kier alpha value is -1.90. The Labute approximate surface area is 163 Å².